The highest BCUT2D eigenvalue weighted by Gasteiger charge is 2.18. The molecule has 6 heteroatoms. The van der Waals surface area contributed by atoms with Crippen LogP contribution in [-0.2, 0) is 9.59 Å². The van der Waals surface area contributed by atoms with Gasteiger partial charge in [-0.15, -0.1) is 0 Å². The summed E-state index contributed by atoms with van der Waals surface area (Å²) in [6.45, 7) is 5.83. The van der Waals surface area contributed by atoms with E-state index >= 15 is 0 Å². The standard InChI is InChI=1S/C21H25N3O3/c1-4-24(5-2)21(26)14-23(3)13-20(25)22-15-10-11-19-17(12-15)16-8-6-7-9-18(16)27-19/h6-12H,4-5,13-14H2,1-3H3,(H,22,25)/p+1. The topological polar surface area (TPSA) is 67.0 Å². The Balaban J connectivity index is 1.65. The molecule has 1 unspecified atom stereocenters. The lowest BCUT2D eigenvalue weighted by Crippen LogP contribution is -3.11. The highest BCUT2D eigenvalue weighted by atomic mass is 16.3. The van der Waals surface area contributed by atoms with Crippen molar-refractivity contribution in [2.24, 2.45) is 0 Å². The molecule has 27 heavy (non-hydrogen) atoms. The minimum atomic E-state index is -0.119. The molecule has 0 aliphatic rings. The van der Waals surface area contributed by atoms with Crippen molar-refractivity contribution in [3.05, 3.63) is 42.5 Å². The molecule has 1 heterocycles. The van der Waals surface area contributed by atoms with Crippen molar-refractivity contribution in [1.29, 1.82) is 0 Å². The molecule has 3 rings (SSSR count). The zero-order valence-corrected chi connectivity index (χ0v) is 16.0. The Hall–Kier alpha value is -2.86. The van der Waals surface area contributed by atoms with Crippen LogP contribution < -0.4 is 10.2 Å². The smallest absolute Gasteiger partial charge is 0.279 e. The number of hydrogen-bond donors (Lipinski definition) is 2. The van der Waals surface area contributed by atoms with E-state index in [2.05, 4.69) is 5.32 Å². The van der Waals surface area contributed by atoms with Gasteiger partial charge in [0.05, 0.1) is 7.05 Å². The molecule has 0 saturated heterocycles. The molecule has 6 nitrogen and oxygen atoms in total. The summed E-state index contributed by atoms with van der Waals surface area (Å²) in [7, 11) is 1.85. The van der Waals surface area contributed by atoms with Crippen LogP contribution in [0.4, 0.5) is 5.69 Å². The maximum absolute atomic E-state index is 12.4. The number of amides is 2. The van der Waals surface area contributed by atoms with Gasteiger partial charge in [-0.2, -0.15) is 0 Å². The molecule has 3 aromatic rings. The quantitative estimate of drug-likeness (QED) is 0.669. The van der Waals surface area contributed by atoms with Crippen molar-refractivity contribution in [3.63, 3.8) is 0 Å². The Kier molecular flexibility index (Phi) is 5.76. The first-order valence-corrected chi connectivity index (χ1v) is 9.32. The van der Waals surface area contributed by atoms with E-state index in [0.29, 0.717) is 19.6 Å². The van der Waals surface area contributed by atoms with Crippen LogP contribution in [0.5, 0.6) is 0 Å². The Bertz CT molecular complexity index is 960. The molecule has 2 aromatic carbocycles. The largest absolute Gasteiger partial charge is 0.456 e. The molecule has 0 aliphatic heterocycles. The van der Waals surface area contributed by atoms with Gasteiger partial charge in [-0.3, -0.25) is 9.59 Å². The first kappa shape index (κ1) is 18.9. The number of carbonyl (C=O) groups excluding carboxylic acids is 2. The van der Waals surface area contributed by atoms with Gasteiger partial charge >= 0.3 is 0 Å². The fraction of sp³-hybridized carbons (Fsp3) is 0.333. The molecule has 142 valence electrons. The average molecular weight is 368 g/mol. The maximum atomic E-state index is 12.4. The molecule has 2 N–H and O–H groups in total. The van der Waals surface area contributed by atoms with E-state index in [9.17, 15) is 9.59 Å². The summed E-state index contributed by atoms with van der Waals surface area (Å²) in [4.78, 5) is 27.2. The Morgan fingerprint density at radius 1 is 1.00 bits per heavy atom. The Labute approximate surface area is 158 Å². The molecule has 0 fully saturated rings. The van der Waals surface area contributed by atoms with Gasteiger partial charge in [-0.25, -0.2) is 0 Å². The van der Waals surface area contributed by atoms with Gasteiger partial charge in [0.1, 0.15) is 11.2 Å². The monoisotopic (exact) mass is 368 g/mol. The van der Waals surface area contributed by atoms with Gasteiger partial charge in [0, 0.05) is 29.5 Å². The van der Waals surface area contributed by atoms with Gasteiger partial charge in [0.2, 0.25) is 0 Å². The lowest BCUT2D eigenvalue weighted by molar-refractivity contribution is -0.862. The second-order valence-electron chi connectivity index (χ2n) is 6.73. The van der Waals surface area contributed by atoms with E-state index in [1.807, 2.05) is 63.4 Å². The van der Waals surface area contributed by atoms with E-state index in [1.54, 1.807) is 4.90 Å². The number of likely N-dealkylation sites (N-methyl/N-ethyl adjacent to an activating group) is 2. The number of benzene rings is 2. The number of nitrogens with zero attached hydrogens (tertiary/aromatic N) is 1. The molecule has 0 aliphatic carbocycles. The number of hydrogen-bond acceptors (Lipinski definition) is 3. The third-order valence-electron chi connectivity index (χ3n) is 4.69. The first-order chi connectivity index (χ1) is 13.0. The fourth-order valence-corrected chi connectivity index (χ4v) is 3.29. The molecule has 0 saturated carbocycles. The molecule has 0 spiro atoms. The van der Waals surface area contributed by atoms with Crippen LogP contribution in [-0.4, -0.2) is 49.9 Å². The zero-order chi connectivity index (χ0) is 19.4. The van der Waals surface area contributed by atoms with Gasteiger partial charge < -0.3 is 19.5 Å². The summed E-state index contributed by atoms with van der Waals surface area (Å²) < 4.78 is 5.81. The van der Waals surface area contributed by atoms with E-state index in [-0.39, 0.29) is 18.4 Å². The number of fused-ring (bicyclic) bond motifs is 3. The van der Waals surface area contributed by atoms with Gasteiger partial charge in [-0.1, -0.05) is 18.2 Å². The number of para-hydroxylation sites is 1. The summed E-state index contributed by atoms with van der Waals surface area (Å²) in [6.07, 6.45) is 0. The summed E-state index contributed by atoms with van der Waals surface area (Å²) in [5.74, 6) is -0.0522. The van der Waals surface area contributed by atoms with Crippen LogP contribution in [0.1, 0.15) is 13.8 Å². The number of anilines is 1. The fourth-order valence-electron chi connectivity index (χ4n) is 3.29. The van der Waals surface area contributed by atoms with E-state index in [4.69, 9.17) is 4.42 Å². The van der Waals surface area contributed by atoms with Gasteiger partial charge in [0.15, 0.2) is 13.1 Å². The number of rotatable bonds is 7. The number of furan rings is 1. The third-order valence-corrected chi connectivity index (χ3v) is 4.69. The highest BCUT2D eigenvalue weighted by Crippen LogP contribution is 2.30. The average Bonchev–Trinajstić information content (AvgIpc) is 3.00. The summed E-state index contributed by atoms with van der Waals surface area (Å²) in [5, 5.41) is 4.92. The summed E-state index contributed by atoms with van der Waals surface area (Å²) >= 11 is 0. The molecule has 2 amide bonds. The molecule has 0 bridgehead atoms. The molecule has 0 radical (unpaired) electrons. The van der Waals surface area contributed by atoms with Crippen LogP contribution in [0.15, 0.2) is 46.9 Å². The third kappa shape index (κ3) is 4.28. The van der Waals surface area contributed by atoms with Crippen LogP contribution in [0, 0.1) is 0 Å². The minimum absolute atomic E-state index is 0.0663. The van der Waals surface area contributed by atoms with E-state index in [0.717, 1.165) is 32.5 Å². The summed E-state index contributed by atoms with van der Waals surface area (Å²) in [6, 6.07) is 13.5. The normalized spacial score (nSPS) is 12.3. The van der Waals surface area contributed by atoms with Crippen molar-refractivity contribution in [1.82, 2.24) is 4.90 Å². The van der Waals surface area contributed by atoms with E-state index < -0.39 is 0 Å². The predicted octanol–water partition coefficient (Wildman–Crippen LogP) is 1.91. The minimum Gasteiger partial charge on any atom is -0.456 e. The van der Waals surface area contributed by atoms with Gasteiger partial charge in [-0.05, 0) is 38.1 Å². The Morgan fingerprint density at radius 2 is 1.70 bits per heavy atom. The second kappa shape index (κ2) is 8.22. The van der Waals surface area contributed by atoms with Crippen molar-refractivity contribution in [2.75, 3.05) is 38.5 Å². The van der Waals surface area contributed by atoms with Crippen LogP contribution in [0.3, 0.4) is 0 Å². The van der Waals surface area contributed by atoms with Crippen molar-refractivity contribution in [2.45, 2.75) is 13.8 Å². The Morgan fingerprint density at radius 3 is 2.44 bits per heavy atom. The highest BCUT2D eigenvalue weighted by molar-refractivity contribution is 6.06. The van der Waals surface area contributed by atoms with Gasteiger partial charge in [0.25, 0.3) is 11.8 Å². The number of quaternary nitrogens is 1. The molecule has 1 atom stereocenters. The predicted molar refractivity (Wildman–Crippen MR) is 107 cm³/mol. The van der Waals surface area contributed by atoms with Crippen molar-refractivity contribution in [3.8, 4) is 0 Å². The van der Waals surface area contributed by atoms with Crippen LogP contribution in [0.2, 0.25) is 0 Å². The second-order valence-corrected chi connectivity index (χ2v) is 6.73. The molecular weight excluding hydrogens is 342 g/mol. The first-order valence-electron chi connectivity index (χ1n) is 9.32. The van der Waals surface area contributed by atoms with Crippen LogP contribution in [0.25, 0.3) is 21.9 Å². The van der Waals surface area contributed by atoms with Crippen molar-refractivity contribution < 1.29 is 18.9 Å². The van der Waals surface area contributed by atoms with E-state index in [1.165, 1.54) is 0 Å². The maximum Gasteiger partial charge on any atom is 0.279 e. The van der Waals surface area contributed by atoms with Crippen molar-refractivity contribution >= 4 is 39.4 Å². The SMILES string of the molecule is CCN(CC)C(=O)C[NH+](C)CC(=O)Nc1ccc2oc3ccccc3c2c1. The molecule has 1 aromatic heterocycles. The lowest BCUT2D eigenvalue weighted by atomic mass is 10.1. The summed E-state index contributed by atoms with van der Waals surface area (Å²) in [5.41, 5.74) is 2.35. The van der Waals surface area contributed by atoms with Crippen LogP contribution >= 0.6 is 0 Å². The lowest BCUT2D eigenvalue weighted by Gasteiger charge is -2.20. The number of nitrogens with one attached hydrogen (secondary N) is 2. The molecular formula is C21H26N3O3+. The number of carbonyl (C=O) groups is 2. The zero-order valence-electron chi connectivity index (χ0n) is 16.0.